The lowest BCUT2D eigenvalue weighted by atomic mass is 10.4. The van der Waals surface area contributed by atoms with Crippen LogP contribution in [-0.2, 0) is 6.54 Å². The monoisotopic (exact) mass is 287 g/mol. The highest BCUT2D eigenvalue weighted by molar-refractivity contribution is 7.09. The van der Waals surface area contributed by atoms with Crippen molar-refractivity contribution in [1.29, 1.82) is 0 Å². The second kappa shape index (κ2) is 5.67. The van der Waals surface area contributed by atoms with Gasteiger partial charge in [0, 0.05) is 11.4 Å². The summed E-state index contributed by atoms with van der Waals surface area (Å²) in [6.45, 7) is 3.64. The Bertz CT molecular complexity index is 487. The molecule has 6 heteroatoms. The lowest BCUT2D eigenvalue weighted by molar-refractivity contribution is 0.819. The zero-order chi connectivity index (χ0) is 12.3. The molecule has 2 aromatic rings. The number of hydrogen-bond acceptors (Lipinski definition) is 4. The summed E-state index contributed by atoms with van der Waals surface area (Å²) in [7, 11) is 0. The van der Waals surface area contributed by atoms with Crippen LogP contribution in [0.3, 0.4) is 0 Å². The molecule has 0 fully saturated rings. The fraction of sp³-hybridized carbons (Fsp3) is 0.273. The van der Waals surface area contributed by atoms with E-state index in [1.807, 2.05) is 6.07 Å². The van der Waals surface area contributed by atoms with E-state index in [0.29, 0.717) is 10.8 Å². The summed E-state index contributed by atoms with van der Waals surface area (Å²) in [5.41, 5.74) is 0. The zero-order valence-corrected chi connectivity index (χ0v) is 11.6. The van der Waals surface area contributed by atoms with E-state index in [-0.39, 0.29) is 5.28 Å². The van der Waals surface area contributed by atoms with Crippen LogP contribution in [0.4, 0.5) is 5.82 Å². The van der Waals surface area contributed by atoms with Gasteiger partial charge in [0.2, 0.25) is 5.28 Å². The first kappa shape index (κ1) is 12.6. The highest BCUT2D eigenvalue weighted by Crippen LogP contribution is 2.25. The van der Waals surface area contributed by atoms with E-state index in [0.717, 1.165) is 13.1 Å². The van der Waals surface area contributed by atoms with E-state index in [1.165, 1.54) is 11.1 Å². The Morgan fingerprint density at radius 2 is 2.24 bits per heavy atom. The van der Waals surface area contributed by atoms with Crippen molar-refractivity contribution >= 4 is 40.4 Å². The molecule has 0 saturated heterocycles. The molecular formula is C11H11Cl2N3S. The molecule has 0 aromatic carbocycles. The van der Waals surface area contributed by atoms with Crippen LogP contribution in [0.5, 0.6) is 0 Å². The van der Waals surface area contributed by atoms with Crippen molar-refractivity contribution in [1.82, 2.24) is 9.97 Å². The number of thiophene rings is 1. The Morgan fingerprint density at radius 3 is 2.88 bits per heavy atom. The van der Waals surface area contributed by atoms with Gasteiger partial charge in [0.25, 0.3) is 0 Å². The maximum Gasteiger partial charge on any atom is 0.224 e. The predicted octanol–water partition coefficient (Wildman–Crippen LogP) is 3.87. The van der Waals surface area contributed by atoms with Crippen LogP contribution in [0, 0.1) is 0 Å². The number of anilines is 1. The molecule has 2 rings (SSSR count). The van der Waals surface area contributed by atoms with E-state index in [9.17, 15) is 0 Å². The van der Waals surface area contributed by atoms with Gasteiger partial charge in [0.05, 0.1) is 12.7 Å². The van der Waals surface area contributed by atoms with E-state index in [4.69, 9.17) is 23.2 Å². The number of rotatable bonds is 4. The van der Waals surface area contributed by atoms with Crippen molar-refractivity contribution in [2.24, 2.45) is 0 Å². The number of halogens is 2. The lowest BCUT2D eigenvalue weighted by Crippen LogP contribution is -2.23. The van der Waals surface area contributed by atoms with Gasteiger partial charge in [-0.3, -0.25) is 0 Å². The molecule has 17 heavy (non-hydrogen) atoms. The molecule has 0 aliphatic carbocycles. The van der Waals surface area contributed by atoms with Crippen molar-refractivity contribution in [2.45, 2.75) is 13.5 Å². The van der Waals surface area contributed by atoms with Crippen molar-refractivity contribution in [3.8, 4) is 0 Å². The van der Waals surface area contributed by atoms with E-state index < -0.39 is 0 Å². The van der Waals surface area contributed by atoms with E-state index in [1.54, 1.807) is 11.3 Å². The summed E-state index contributed by atoms with van der Waals surface area (Å²) in [4.78, 5) is 11.4. The average molecular weight is 288 g/mol. The van der Waals surface area contributed by atoms with Gasteiger partial charge >= 0.3 is 0 Å². The smallest absolute Gasteiger partial charge is 0.224 e. The van der Waals surface area contributed by atoms with Gasteiger partial charge in [-0.2, -0.15) is 4.98 Å². The third-order valence-corrected chi connectivity index (χ3v) is 3.61. The molecule has 0 N–H and O–H groups in total. The van der Waals surface area contributed by atoms with Gasteiger partial charge in [-0.15, -0.1) is 11.3 Å². The second-order valence-electron chi connectivity index (χ2n) is 3.40. The van der Waals surface area contributed by atoms with Crippen LogP contribution in [0.15, 0.2) is 23.7 Å². The SMILES string of the molecule is CCN(Cc1cccs1)c1nc(Cl)ncc1Cl. The Hall–Kier alpha value is -0.840. The number of hydrogen-bond donors (Lipinski definition) is 0. The normalized spacial score (nSPS) is 10.5. The second-order valence-corrected chi connectivity index (χ2v) is 5.18. The Balaban J connectivity index is 2.25. The summed E-state index contributed by atoms with van der Waals surface area (Å²) < 4.78 is 0. The molecule has 0 aliphatic rings. The molecule has 0 bridgehead atoms. The summed E-state index contributed by atoms with van der Waals surface area (Å²) in [6.07, 6.45) is 1.53. The highest BCUT2D eigenvalue weighted by atomic mass is 35.5. The van der Waals surface area contributed by atoms with Crippen molar-refractivity contribution < 1.29 is 0 Å². The largest absolute Gasteiger partial charge is 0.350 e. The molecule has 0 amide bonds. The van der Waals surface area contributed by atoms with Gasteiger partial charge in [0.1, 0.15) is 5.02 Å². The molecule has 90 valence electrons. The fourth-order valence-electron chi connectivity index (χ4n) is 1.49. The third kappa shape index (κ3) is 3.09. The molecule has 3 nitrogen and oxygen atoms in total. The quantitative estimate of drug-likeness (QED) is 0.800. The first-order chi connectivity index (χ1) is 8.20. The minimum absolute atomic E-state index is 0.217. The third-order valence-electron chi connectivity index (χ3n) is 2.30. The topological polar surface area (TPSA) is 29.0 Å². The fourth-order valence-corrected chi connectivity index (χ4v) is 2.55. The summed E-state index contributed by atoms with van der Waals surface area (Å²) >= 11 is 13.6. The van der Waals surface area contributed by atoms with Crippen molar-refractivity contribution in [2.75, 3.05) is 11.4 Å². The van der Waals surface area contributed by atoms with Crippen LogP contribution >= 0.6 is 34.5 Å². The summed E-state index contributed by atoms with van der Waals surface area (Å²) in [5.74, 6) is 0.683. The molecule has 0 radical (unpaired) electrons. The molecular weight excluding hydrogens is 277 g/mol. The van der Waals surface area contributed by atoms with Gasteiger partial charge in [-0.1, -0.05) is 17.7 Å². The number of nitrogens with zero attached hydrogens (tertiary/aromatic N) is 3. The summed E-state index contributed by atoms with van der Waals surface area (Å²) in [5, 5.41) is 2.79. The molecule has 2 aromatic heterocycles. The van der Waals surface area contributed by atoms with Crippen molar-refractivity contribution in [3.05, 3.63) is 38.9 Å². The van der Waals surface area contributed by atoms with Crippen LogP contribution in [-0.4, -0.2) is 16.5 Å². The maximum atomic E-state index is 6.09. The molecule has 0 saturated carbocycles. The van der Waals surface area contributed by atoms with Gasteiger partial charge in [-0.25, -0.2) is 4.98 Å². The number of aromatic nitrogens is 2. The van der Waals surface area contributed by atoms with Gasteiger partial charge < -0.3 is 4.90 Å². The Morgan fingerprint density at radius 1 is 1.41 bits per heavy atom. The molecule has 0 unspecified atom stereocenters. The van der Waals surface area contributed by atoms with Crippen molar-refractivity contribution in [3.63, 3.8) is 0 Å². The standard InChI is InChI=1S/C11H11Cl2N3S/c1-2-16(7-8-4-3-5-17-8)10-9(12)6-14-11(13)15-10/h3-6H,2,7H2,1H3. The molecule has 0 spiro atoms. The average Bonchev–Trinajstić information content (AvgIpc) is 2.82. The Labute approximate surface area is 114 Å². The minimum Gasteiger partial charge on any atom is -0.350 e. The zero-order valence-electron chi connectivity index (χ0n) is 9.23. The molecule has 0 atom stereocenters. The van der Waals surface area contributed by atoms with E-state index in [2.05, 4.69) is 33.2 Å². The van der Waals surface area contributed by atoms with Crippen LogP contribution < -0.4 is 4.90 Å². The maximum absolute atomic E-state index is 6.09. The summed E-state index contributed by atoms with van der Waals surface area (Å²) in [6, 6.07) is 4.12. The Kier molecular flexibility index (Phi) is 4.20. The van der Waals surface area contributed by atoms with E-state index >= 15 is 0 Å². The van der Waals surface area contributed by atoms with Crippen LogP contribution in [0.2, 0.25) is 10.3 Å². The van der Waals surface area contributed by atoms with Gasteiger partial charge in [0.15, 0.2) is 5.82 Å². The first-order valence-electron chi connectivity index (χ1n) is 5.16. The molecule has 2 heterocycles. The predicted molar refractivity (Wildman–Crippen MR) is 73.1 cm³/mol. The van der Waals surface area contributed by atoms with Crippen LogP contribution in [0.25, 0.3) is 0 Å². The minimum atomic E-state index is 0.217. The lowest BCUT2D eigenvalue weighted by Gasteiger charge is -2.22. The molecule has 0 aliphatic heterocycles. The highest BCUT2D eigenvalue weighted by Gasteiger charge is 2.12. The van der Waals surface area contributed by atoms with Crippen LogP contribution in [0.1, 0.15) is 11.8 Å². The first-order valence-corrected chi connectivity index (χ1v) is 6.79. The van der Waals surface area contributed by atoms with Gasteiger partial charge in [-0.05, 0) is 30.0 Å².